The summed E-state index contributed by atoms with van der Waals surface area (Å²) in [5, 5.41) is 10.6. The van der Waals surface area contributed by atoms with E-state index in [2.05, 4.69) is 10.6 Å². The van der Waals surface area contributed by atoms with Crippen LogP contribution in [-0.4, -0.2) is 28.8 Å². The highest BCUT2D eigenvalue weighted by atomic mass is 32.1. The van der Waals surface area contributed by atoms with Crippen LogP contribution in [-0.2, 0) is 16.1 Å². The second-order valence-electron chi connectivity index (χ2n) is 11.2. The van der Waals surface area contributed by atoms with E-state index in [-0.39, 0.29) is 17.7 Å². The second-order valence-corrected chi connectivity index (χ2v) is 12.2. The van der Waals surface area contributed by atoms with Crippen molar-refractivity contribution in [1.29, 1.82) is 5.26 Å². The number of para-hydroxylation sites is 1. The maximum Gasteiger partial charge on any atom is 0.338 e. The van der Waals surface area contributed by atoms with Crippen molar-refractivity contribution in [3.63, 3.8) is 0 Å². The molecule has 0 aliphatic carbocycles. The molecule has 236 valence electrons. The van der Waals surface area contributed by atoms with Crippen LogP contribution in [0.25, 0.3) is 22.7 Å². The van der Waals surface area contributed by atoms with E-state index in [0.29, 0.717) is 38.5 Å². The number of benzene rings is 4. The summed E-state index contributed by atoms with van der Waals surface area (Å²) in [4.78, 5) is 33.7. The van der Waals surface area contributed by atoms with Gasteiger partial charge in [0.15, 0.2) is 4.80 Å². The van der Waals surface area contributed by atoms with Gasteiger partial charge in [0.2, 0.25) is 0 Å². The minimum absolute atomic E-state index is 0.169. The van der Waals surface area contributed by atoms with Crippen LogP contribution in [0.5, 0.6) is 5.75 Å². The summed E-state index contributed by atoms with van der Waals surface area (Å²) in [6.45, 7) is 2.42. The molecule has 0 bridgehead atoms. The van der Waals surface area contributed by atoms with E-state index in [1.807, 2.05) is 115 Å². The number of hydrogen-bond acceptors (Lipinski definition) is 7. The fourth-order valence-corrected chi connectivity index (χ4v) is 7.17. The molecule has 2 aromatic heterocycles. The van der Waals surface area contributed by atoms with Crippen molar-refractivity contribution >= 4 is 40.0 Å². The van der Waals surface area contributed by atoms with Crippen LogP contribution in [0.2, 0.25) is 0 Å². The quantitative estimate of drug-likeness (QED) is 0.194. The number of thiazole rings is 1. The van der Waals surface area contributed by atoms with Crippen LogP contribution in [0.4, 0.5) is 0 Å². The van der Waals surface area contributed by atoms with Gasteiger partial charge in [-0.2, -0.15) is 5.26 Å². The average Bonchev–Trinajstić information content (AvgIpc) is 3.63. The summed E-state index contributed by atoms with van der Waals surface area (Å²) >= 11 is 1.28. The molecule has 3 heterocycles. The molecule has 1 aliphatic rings. The lowest BCUT2D eigenvalue weighted by atomic mass is 9.93. The summed E-state index contributed by atoms with van der Waals surface area (Å²) in [6, 6.07) is 33.9. The fourth-order valence-electron chi connectivity index (χ4n) is 6.18. The number of aromatic nitrogens is 2. The lowest BCUT2D eigenvalue weighted by molar-refractivity contribution is -0.138. The van der Waals surface area contributed by atoms with Gasteiger partial charge in [0, 0.05) is 34.8 Å². The Bertz CT molecular complexity index is 2450. The molecule has 1 aliphatic heterocycles. The Balaban J connectivity index is 1.46. The smallest absolute Gasteiger partial charge is 0.338 e. The third kappa shape index (κ3) is 5.52. The lowest BCUT2D eigenvalue weighted by Crippen LogP contribution is -2.40. The SMILES string of the molecule is CCOC(=O)C1=C(c2ccccc2)N=c2s/c(=C/c3cn(Cc4ccccc4C#N)c4ccccc34)c(=O)n2[C@H]1c1cccc(OC)c1. The van der Waals surface area contributed by atoms with Crippen molar-refractivity contribution < 1.29 is 14.3 Å². The highest BCUT2D eigenvalue weighted by Gasteiger charge is 2.35. The van der Waals surface area contributed by atoms with Gasteiger partial charge in [0.1, 0.15) is 5.75 Å². The number of carbonyl (C=O) groups excluding carboxylic acids is 1. The van der Waals surface area contributed by atoms with E-state index in [0.717, 1.165) is 27.6 Å². The first kappa shape index (κ1) is 30.7. The predicted molar refractivity (Wildman–Crippen MR) is 186 cm³/mol. The standard InChI is InChI=1S/C39H30N4O4S/c1-3-47-38(45)34-35(25-12-5-4-6-13-25)41-39-43(36(34)26-16-11-17-30(20-26)46-2)37(44)33(48-39)21-29-24-42(32-19-10-9-18-31(29)32)23-28-15-8-7-14-27(28)22-40/h4-21,24,36H,3,23H2,1-2H3/b33-21+/t36-/m0/s1. The number of fused-ring (bicyclic) bond motifs is 2. The molecule has 0 radical (unpaired) electrons. The van der Waals surface area contributed by atoms with Crippen molar-refractivity contribution in [3.8, 4) is 11.8 Å². The normalized spacial score (nSPS) is 14.4. The molecule has 0 spiro atoms. The highest BCUT2D eigenvalue weighted by Crippen LogP contribution is 2.36. The third-order valence-electron chi connectivity index (χ3n) is 8.37. The topological polar surface area (TPSA) is 98.6 Å². The summed E-state index contributed by atoms with van der Waals surface area (Å²) in [5.41, 5.74) is 5.27. The van der Waals surface area contributed by atoms with Gasteiger partial charge in [-0.05, 0) is 48.4 Å². The monoisotopic (exact) mass is 650 g/mol. The Morgan fingerprint density at radius 2 is 1.77 bits per heavy atom. The van der Waals surface area contributed by atoms with Gasteiger partial charge in [0.05, 0.1) is 47.2 Å². The average molecular weight is 651 g/mol. The molecule has 48 heavy (non-hydrogen) atoms. The van der Waals surface area contributed by atoms with Crippen LogP contribution >= 0.6 is 11.3 Å². The summed E-state index contributed by atoms with van der Waals surface area (Å²) < 4.78 is 15.3. The molecule has 4 aromatic carbocycles. The summed E-state index contributed by atoms with van der Waals surface area (Å²) in [7, 11) is 1.58. The van der Waals surface area contributed by atoms with Gasteiger partial charge in [-0.3, -0.25) is 9.36 Å². The van der Waals surface area contributed by atoms with Crippen LogP contribution in [0.1, 0.15) is 40.8 Å². The van der Waals surface area contributed by atoms with E-state index < -0.39 is 12.0 Å². The van der Waals surface area contributed by atoms with E-state index in [9.17, 15) is 14.9 Å². The Morgan fingerprint density at radius 1 is 1.00 bits per heavy atom. The Kier molecular flexibility index (Phi) is 8.32. The first-order chi connectivity index (χ1) is 23.5. The number of rotatable bonds is 8. The summed E-state index contributed by atoms with van der Waals surface area (Å²) in [5.74, 6) is 0.0600. The number of methoxy groups -OCH3 is 1. The third-order valence-corrected chi connectivity index (χ3v) is 9.35. The van der Waals surface area contributed by atoms with Crippen molar-refractivity contribution in [2.24, 2.45) is 4.99 Å². The molecule has 0 N–H and O–H groups in total. The van der Waals surface area contributed by atoms with Gasteiger partial charge in [-0.1, -0.05) is 90.2 Å². The second kappa shape index (κ2) is 13.0. The van der Waals surface area contributed by atoms with E-state index in [4.69, 9.17) is 14.5 Å². The van der Waals surface area contributed by atoms with Crippen LogP contribution in [0.15, 0.2) is 125 Å². The molecule has 0 amide bonds. The molecule has 0 saturated carbocycles. The molecule has 6 aromatic rings. The van der Waals surface area contributed by atoms with Crippen LogP contribution < -0.4 is 19.6 Å². The number of hydrogen-bond donors (Lipinski definition) is 0. The Morgan fingerprint density at radius 3 is 2.56 bits per heavy atom. The van der Waals surface area contributed by atoms with Gasteiger partial charge >= 0.3 is 5.97 Å². The van der Waals surface area contributed by atoms with Crippen molar-refractivity contribution in [1.82, 2.24) is 9.13 Å². The maximum absolute atomic E-state index is 14.5. The van der Waals surface area contributed by atoms with Crippen molar-refractivity contribution in [2.75, 3.05) is 13.7 Å². The molecular weight excluding hydrogens is 621 g/mol. The summed E-state index contributed by atoms with van der Waals surface area (Å²) in [6.07, 6.45) is 3.90. The molecule has 1 atom stereocenters. The largest absolute Gasteiger partial charge is 0.497 e. The predicted octanol–water partition coefficient (Wildman–Crippen LogP) is 5.82. The molecule has 0 saturated heterocycles. The highest BCUT2D eigenvalue weighted by molar-refractivity contribution is 7.07. The Labute approximate surface area is 280 Å². The maximum atomic E-state index is 14.5. The number of carbonyl (C=O) groups is 1. The van der Waals surface area contributed by atoms with Crippen LogP contribution in [0, 0.1) is 11.3 Å². The number of nitrogens with zero attached hydrogens (tertiary/aromatic N) is 4. The van der Waals surface area contributed by atoms with Gasteiger partial charge < -0.3 is 14.0 Å². The van der Waals surface area contributed by atoms with Gasteiger partial charge in [-0.15, -0.1) is 0 Å². The molecule has 7 rings (SSSR count). The number of nitriles is 1. The zero-order valence-electron chi connectivity index (χ0n) is 26.3. The van der Waals surface area contributed by atoms with Crippen molar-refractivity contribution in [2.45, 2.75) is 19.5 Å². The first-order valence-electron chi connectivity index (χ1n) is 15.5. The van der Waals surface area contributed by atoms with Crippen molar-refractivity contribution in [3.05, 3.63) is 162 Å². The molecular formula is C39H30N4O4S. The molecule has 8 nitrogen and oxygen atoms in total. The first-order valence-corrected chi connectivity index (χ1v) is 16.3. The zero-order valence-corrected chi connectivity index (χ0v) is 27.1. The molecule has 9 heteroatoms. The minimum Gasteiger partial charge on any atom is -0.497 e. The number of esters is 1. The number of ether oxygens (including phenoxy) is 2. The Hall–Kier alpha value is -5.98. The molecule has 0 unspecified atom stereocenters. The van der Waals surface area contributed by atoms with E-state index >= 15 is 0 Å². The van der Waals surface area contributed by atoms with Gasteiger partial charge in [-0.25, -0.2) is 9.79 Å². The fraction of sp³-hybridized carbons (Fsp3) is 0.128. The lowest BCUT2D eigenvalue weighted by Gasteiger charge is -2.26. The van der Waals surface area contributed by atoms with E-state index in [1.54, 1.807) is 18.6 Å². The molecule has 0 fully saturated rings. The van der Waals surface area contributed by atoms with E-state index in [1.165, 1.54) is 11.3 Å². The minimum atomic E-state index is -0.809. The zero-order chi connectivity index (χ0) is 33.2. The van der Waals surface area contributed by atoms with Gasteiger partial charge in [0.25, 0.3) is 5.56 Å². The van der Waals surface area contributed by atoms with Crippen LogP contribution in [0.3, 0.4) is 0 Å².